The summed E-state index contributed by atoms with van der Waals surface area (Å²) in [6.45, 7) is 13.2. The SMILES string of the molecule is C=C(C)CSCP(=O)(OC(C)C)OC(C)C. The van der Waals surface area contributed by atoms with Crippen molar-refractivity contribution in [3.63, 3.8) is 0 Å². The van der Waals surface area contributed by atoms with Gasteiger partial charge in [0.1, 0.15) is 0 Å². The third-order valence-corrected chi connectivity index (χ3v) is 5.52. The Balaban J connectivity index is 4.30. The van der Waals surface area contributed by atoms with Gasteiger partial charge in [0.25, 0.3) is 0 Å². The van der Waals surface area contributed by atoms with Gasteiger partial charge in [0.15, 0.2) is 0 Å². The smallest absolute Gasteiger partial charge is 0.305 e. The molecule has 3 nitrogen and oxygen atoms in total. The van der Waals surface area contributed by atoms with Crippen LogP contribution in [-0.4, -0.2) is 23.5 Å². The summed E-state index contributed by atoms with van der Waals surface area (Å²) in [7, 11) is -2.97. The molecule has 0 unspecified atom stereocenters. The number of hydrogen-bond donors (Lipinski definition) is 0. The van der Waals surface area contributed by atoms with Gasteiger partial charge in [0.05, 0.1) is 17.7 Å². The number of rotatable bonds is 8. The molecule has 0 saturated heterocycles. The summed E-state index contributed by atoms with van der Waals surface area (Å²) < 4.78 is 23.1. The first-order chi connectivity index (χ1) is 7.25. The van der Waals surface area contributed by atoms with E-state index < -0.39 is 7.60 Å². The molecule has 0 aliphatic heterocycles. The minimum Gasteiger partial charge on any atom is -0.305 e. The Morgan fingerprint density at radius 1 is 1.25 bits per heavy atom. The first-order valence-corrected chi connectivity index (χ1v) is 8.31. The molecule has 0 aromatic carbocycles. The Morgan fingerprint density at radius 2 is 1.69 bits per heavy atom. The van der Waals surface area contributed by atoms with Gasteiger partial charge in [-0.3, -0.25) is 4.57 Å². The summed E-state index contributed by atoms with van der Waals surface area (Å²) in [5, 5.41) is 0. The molecule has 0 rings (SSSR count). The van der Waals surface area contributed by atoms with Crippen LogP contribution in [-0.2, 0) is 13.6 Å². The van der Waals surface area contributed by atoms with E-state index in [1.807, 2.05) is 34.6 Å². The lowest BCUT2D eigenvalue weighted by Crippen LogP contribution is -2.09. The molecule has 0 fully saturated rings. The molecule has 0 bridgehead atoms. The van der Waals surface area contributed by atoms with Gasteiger partial charge in [-0.05, 0) is 34.6 Å². The molecule has 0 heterocycles. The van der Waals surface area contributed by atoms with E-state index in [0.29, 0.717) is 5.49 Å². The van der Waals surface area contributed by atoms with Gasteiger partial charge in [-0.1, -0.05) is 12.2 Å². The van der Waals surface area contributed by atoms with Crippen molar-refractivity contribution >= 4 is 19.4 Å². The molecule has 0 N–H and O–H groups in total. The Hall–Kier alpha value is 0.240. The second kappa shape index (κ2) is 7.54. The van der Waals surface area contributed by atoms with E-state index in [9.17, 15) is 4.57 Å². The lowest BCUT2D eigenvalue weighted by Gasteiger charge is -2.22. The highest BCUT2D eigenvalue weighted by Crippen LogP contribution is 2.53. The van der Waals surface area contributed by atoms with Crippen molar-refractivity contribution in [2.24, 2.45) is 0 Å². The molecule has 0 amide bonds. The average Bonchev–Trinajstić information content (AvgIpc) is 1.98. The summed E-state index contributed by atoms with van der Waals surface area (Å²) in [5.41, 5.74) is 1.45. The molecule has 16 heavy (non-hydrogen) atoms. The van der Waals surface area contributed by atoms with E-state index in [-0.39, 0.29) is 12.2 Å². The minimum atomic E-state index is -2.97. The minimum absolute atomic E-state index is 0.0880. The molecule has 0 aromatic heterocycles. The van der Waals surface area contributed by atoms with Gasteiger partial charge in [-0.15, -0.1) is 11.8 Å². The van der Waals surface area contributed by atoms with Crippen molar-refractivity contribution in [3.05, 3.63) is 12.2 Å². The Bertz CT molecular complexity index is 250. The van der Waals surface area contributed by atoms with Gasteiger partial charge >= 0.3 is 7.60 Å². The van der Waals surface area contributed by atoms with Crippen molar-refractivity contribution in [2.75, 3.05) is 11.2 Å². The van der Waals surface area contributed by atoms with Gasteiger partial charge in [0.2, 0.25) is 0 Å². The maximum absolute atomic E-state index is 12.3. The Morgan fingerprint density at radius 3 is 2.00 bits per heavy atom. The predicted molar refractivity (Wildman–Crippen MR) is 72.2 cm³/mol. The lowest BCUT2D eigenvalue weighted by molar-refractivity contribution is 0.145. The number of hydrogen-bond acceptors (Lipinski definition) is 4. The third-order valence-electron chi connectivity index (χ3n) is 1.34. The average molecular weight is 266 g/mol. The monoisotopic (exact) mass is 266 g/mol. The normalized spacial score (nSPS) is 12.4. The van der Waals surface area contributed by atoms with Crippen LogP contribution in [0.5, 0.6) is 0 Å². The summed E-state index contributed by atoms with van der Waals surface area (Å²) >= 11 is 1.54. The molecule has 0 aliphatic rings. The van der Waals surface area contributed by atoms with E-state index in [1.54, 1.807) is 0 Å². The van der Waals surface area contributed by atoms with Gasteiger partial charge in [-0.25, -0.2) is 0 Å². The topological polar surface area (TPSA) is 35.5 Å². The molecule has 96 valence electrons. The highest BCUT2D eigenvalue weighted by molar-refractivity contribution is 8.04. The third kappa shape index (κ3) is 8.40. The summed E-state index contributed by atoms with van der Waals surface area (Å²) in [6, 6.07) is 0. The van der Waals surface area contributed by atoms with Crippen LogP contribution in [0.15, 0.2) is 12.2 Å². The zero-order valence-electron chi connectivity index (χ0n) is 10.9. The first-order valence-electron chi connectivity index (χ1n) is 5.43. The maximum atomic E-state index is 12.3. The van der Waals surface area contributed by atoms with Crippen LogP contribution >= 0.6 is 19.4 Å². The van der Waals surface area contributed by atoms with Gasteiger partial charge < -0.3 is 9.05 Å². The zero-order chi connectivity index (χ0) is 12.8. The van der Waals surface area contributed by atoms with Crippen LogP contribution in [0.25, 0.3) is 0 Å². The molecule has 0 radical (unpaired) electrons. The van der Waals surface area contributed by atoms with Crippen LogP contribution in [0.1, 0.15) is 34.6 Å². The molecule has 0 aliphatic carbocycles. The van der Waals surface area contributed by atoms with Crippen LogP contribution in [0.2, 0.25) is 0 Å². The predicted octanol–water partition coefficient (Wildman–Crippen LogP) is 4.30. The molecule has 0 aromatic rings. The lowest BCUT2D eigenvalue weighted by atomic mass is 10.4. The Kier molecular flexibility index (Phi) is 7.66. The quantitative estimate of drug-likeness (QED) is 0.485. The van der Waals surface area contributed by atoms with Crippen molar-refractivity contribution in [1.82, 2.24) is 0 Å². The van der Waals surface area contributed by atoms with Crippen molar-refractivity contribution in [2.45, 2.75) is 46.8 Å². The Labute approximate surface area is 104 Å². The molecular weight excluding hydrogens is 243 g/mol. The van der Waals surface area contributed by atoms with E-state index in [2.05, 4.69) is 6.58 Å². The second-order valence-corrected chi connectivity index (χ2v) is 7.73. The van der Waals surface area contributed by atoms with E-state index in [0.717, 1.165) is 11.3 Å². The fraction of sp³-hybridized carbons (Fsp3) is 0.818. The molecule has 5 heteroatoms. The van der Waals surface area contributed by atoms with Crippen LogP contribution in [0.3, 0.4) is 0 Å². The fourth-order valence-corrected chi connectivity index (χ4v) is 4.49. The second-order valence-electron chi connectivity index (χ2n) is 4.35. The van der Waals surface area contributed by atoms with Gasteiger partial charge in [0, 0.05) is 5.75 Å². The zero-order valence-corrected chi connectivity index (χ0v) is 12.6. The van der Waals surface area contributed by atoms with E-state index in [1.165, 1.54) is 11.8 Å². The molecule has 0 atom stereocenters. The van der Waals surface area contributed by atoms with E-state index >= 15 is 0 Å². The highest BCUT2D eigenvalue weighted by Gasteiger charge is 2.27. The largest absolute Gasteiger partial charge is 0.340 e. The van der Waals surface area contributed by atoms with Crippen molar-refractivity contribution in [3.8, 4) is 0 Å². The molecule has 0 spiro atoms. The van der Waals surface area contributed by atoms with E-state index in [4.69, 9.17) is 9.05 Å². The van der Waals surface area contributed by atoms with Crippen molar-refractivity contribution < 1.29 is 13.6 Å². The first kappa shape index (κ1) is 16.2. The standard InChI is InChI=1S/C11H23O3PS/c1-9(2)7-16-8-15(12,13-10(3)4)14-11(5)6/h10-11H,1,7-8H2,2-6H3. The van der Waals surface area contributed by atoms with Crippen LogP contribution in [0.4, 0.5) is 0 Å². The van der Waals surface area contributed by atoms with Gasteiger partial charge in [-0.2, -0.15) is 0 Å². The van der Waals surface area contributed by atoms with Crippen LogP contribution < -0.4 is 0 Å². The summed E-state index contributed by atoms with van der Waals surface area (Å²) in [5.74, 6) is 0.785. The fourth-order valence-electron chi connectivity index (χ4n) is 1.06. The molecular formula is C11H23O3PS. The van der Waals surface area contributed by atoms with Crippen LogP contribution in [0, 0.1) is 0 Å². The molecule has 0 saturated carbocycles. The van der Waals surface area contributed by atoms with Crippen molar-refractivity contribution in [1.29, 1.82) is 0 Å². The summed E-state index contributed by atoms with van der Waals surface area (Å²) in [4.78, 5) is 0. The summed E-state index contributed by atoms with van der Waals surface area (Å²) in [6.07, 6.45) is -0.176. The highest BCUT2D eigenvalue weighted by atomic mass is 32.2. The maximum Gasteiger partial charge on any atom is 0.340 e. The number of thioether (sulfide) groups is 1.